The molecule has 2 heteroatoms. The standard InChI is InChI=1S/C13H18O2/c1-3-13(11(2)9-14)15-10-12-7-5-4-6-8-12/h4-9,11,13H,3,10H2,1-2H3/t11-,13+/m1/s1. The van der Waals surface area contributed by atoms with Crippen molar-refractivity contribution < 1.29 is 9.53 Å². The van der Waals surface area contributed by atoms with Gasteiger partial charge >= 0.3 is 0 Å². The van der Waals surface area contributed by atoms with Crippen LogP contribution in [0.1, 0.15) is 25.8 Å². The van der Waals surface area contributed by atoms with E-state index in [-0.39, 0.29) is 12.0 Å². The predicted molar refractivity (Wildman–Crippen MR) is 60.5 cm³/mol. The monoisotopic (exact) mass is 206 g/mol. The molecule has 0 heterocycles. The van der Waals surface area contributed by atoms with Crippen LogP contribution >= 0.6 is 0 Å². The van der Waals surface area contributed by atoms with E-state index in [9.17, 15) is 4.79 Å². The third-order valence-electron chi connectivity index (χ3n) is 2.51. The Hall–Kier alpha value is -1.15. The van der Waals surface area contributed by atoms with Gasteiger partial charge < -0.3 is 9.53 Å². The lowest BCUT2D eigenvalue weighted by Gasteiger charge is -2.18. The molecule has 2 nitrogen and oxygen atoms in total. The van der Waals surface area contributed by atoms with Crippen LogP contribution in [0.25, 0.3) is 0 Å². The molecule has 0 aliphatic heterocycles. The maximum atomic E-state index is 10.6. The van der Waals surface area contributed by atoms with Crippen LogP contribution in [-0.2, 0) is 16.1 Å². The summed E-state index contributed by atoms with van der Waals surface area (Å²) in [6.07, 6.45) is 1.86. The molecule has 0 bridgehead atoms. The SMILES string of the molecule is CC[C@H](OCc1ccccc1)[C@H](C)C=O. The zero-order chi connectivity index (χ0) is 11.1. The van der Waals surface area contributed by atoms with Gasteiger partial charge in [0, 0.05) is 5.92 Å². The van der Waals surface area contributed by atoms with Gasteiger partial charge in [0.2, 0.25) is 0 Å². The summed E-state index contributed by atoms with van der Waals surface area (Å²) in [5.41, 5.74) is 1.15. The van der Waals surface area contributed by atoms with Gasteiger partial charge in [0.15, 0.2) is 0 Å². The van der Waals surface area contributed by atoms with E-state index in [0.29, 0.717) is 6.61 Å². The van der Waals surface area contributed by atoms with E-state index in [1.54, 1.807) is 0 Å². The largest absolute Gasteiger partial charge is 0.373 e. The van der Waals surface area contributed by atoms with E-state index in [1.165, 1.54) is 0 Å². The molecule has 0 aliphatic carbocycles. The van der Waals surface area contributed by atoms with Crippen molar-refractivity contribution in [3.8, 4) is 0 Å². The molecule has 2 atom stereocenters. The maximum Gasteiger partial charge on any atom is 0.125 e. The van der Waals surface area contributed by atoms with E-state index < -0.39 is 0 Å². The van der Waals surface area contributed by atoms with E-state index in [4.69, 9.17) is 4.74 Å². The Morgan fingerprint density at radius 1 is 1.33 bits per heavy atom. The first kappa shape index (κ1) is 11.9. The summed E-state index contributed by atoms with van der Waals surface area (Å²) >= 11 is 0. The lowest BCUT2D eigenvalue weighted by molar-refractivity contribution is -0.115. The summed E-state index contributed by atoms with van der Waals surface area (Å²) in [6, 6.07) is 10.0. The zero-order valence-corrected chi connectivity index (χ0v) is 9.35. The lowest BCUT2D eigenvalue weighted by atomic mass is 10.0. The van der Waals surface area contributed by atoms with Crippen LogP contribution in [0.5, 0.6) is 0 Å². The van der Waals surface area contributed by atoms with Gasteiger partial charge in [0.1, 0.15) is 6.29 Å². The molecule has 1 rings (SSSR count). The van der Waals surface area contributed by atoms with Crippen molar-refractivity contribution >= 4 is 6.29 Å². The van der Waals surface area contributed by atoms with Crippen LogP contribution in [0.2, 0.25) is 0 Å². The summed E-state index contributed by atoms with van der Waals surface area (Å²) in [5.74, 6) is -0.0290. The van der Waals surface area contributed by atoms with Crippen LogP contribution in [0, 0.1) is 5.92 Å². The number of hydrogen-bond donors (Lipinski definition) is 0. The molecular formula is C13H18O2. The van der Waals surface area contributed by atoms with Crippen molar-refractivity contribution in [2.24, 2.45) is 5.92 Å². The number of carbonyl (C=O) groups excluding carboxylic acids is 1. The Bertz CT molecular complexity index is 282. The molecule has 15 heavy (non-hydrogen) atoms. The number of benzene rings is 1. The molecule has 1 aromatic carbocycles. The second kappa shape index (κ2) is 6.36. The molecule has 0 saturated heterocycles. The average Bonchev–Trinajstić information content (AvgIpc) is 2.31. The van der Waals surface area contributed by atoms with Gasteiger partial charge in [-0.05, 0) is 12.0 Å². The van der Waals surface area contributed by atoms with Crippen LogP contribution in [0.4, 0.5) is 0 Å². The minimum atomic E-state index is -0.0290. The summed E-state index contributed by atoms with van der Waals surface area (Å²) in [7, 11) is 0. The Balaban J connectivity index is 2.44. The topological polar surface area (TPSA) is 26.3 Å². The smallest absolute Gasteiger partial charge is 0.125 e. The molecule has 0 saturated carbocycles. The molecule has 0 unspecified atom stereocenters. The fourth-order valence-corrected chi connectivity index (χ4v) is 1.51. The van der Waals surface area contributed by atoms with E-state index in [0.717, 1.165) is 18.3 Å². The lowest BCUT2D eigenvalue weighted by Crippen LogP contribution is -2.21. The third kappa shape index (κ3) is 3.84. The molecule has 0 fully saturated rings. The van der Waals surface area contributed by atoms with Crippen LogP contribution in [0.15, 0.2) is 30.3 Å². The minimum absolute atomic E-state index is 0.0290. The third-order valence-corrected chi connectivity index (χ3v) is 2.51. The van der Waals surface area contributed by atoms with Crippen molar-refractivity contribution in [1.82, 2.24) is 0 Å². The molecule has 0 radical (unpaired) electrons. The van der Waals surface area contributed by atoms with Crippen LogP contribution in [0.3, 0.4) is 0 Å². The molecular weight excluding hydrogens is 188 g/mol. The second-order valence-corrected chi connectivity index (χ2v) is 3.74. The molecule has 0 aromatic heterocycles. The highest BCUT2D eigenvalue weighted by molar-refractivity contribution is 5.53. The first-order valence-corrected chi connectivity index (χ1v) is 5.38. The summed E-state index contributed by atoms with van der Waals surface area (Å²) in [4.78, 5) is 10.6. The zero-order valence-electron chi connectivity index (χ0n) is 9.35. The molecule has 1 aromatic rings. The quantitative estimate of drug-likeness (QED) is 0.669. The number of carbonyl (C=O) groups is 1. The average molecular weight is 206 g/mol. The fraction of sp³-hybridized carbons (Fsp3) is 0.462. The number of rotatable bonds is 6. The van der Waals surface area contributed by atoms with Gasteiger partial charge in [-0.2, -0.15) is 0 Å². The van der Waals surface area contributed by atoms with Crippen molar-refractivity contribution in [1.29, 1.82) is 0 Å². The minimum Gasteiger partial charge on any atom is -0.373 e. The highest BCUT2D eigenvalue weighted by Gasteiger charge is 2.14. The van der Waals surface area contributed by atoms with E-state index in [2.05, 4.69) is 0 Å². The molecule has 0 amide bonds. The number of hydrogen-bond acceptors (Lipinski definition) is 2. The highest BCUT2D eigenvalue weighted by atomic mass is 16.5. The molecule has 0 aliphatic rings. The molecule has 82 valence electrons. The van der Waals surface area contributed by atoms with Gasteiger partial charge in [0.05, 0.1) is 12.7 Å². The van der Waals surface area contributed by atoms with Gasteiger partial charge in [-0.1, -0.05) is 44.2 Å². The maximum absolute atomic E-state index is 10.6. The van der Waals surface area contributed by atoms with Crippen molar-refractivity contribution in [2.75, 3.05) is 0 Å². The number of aldehydes is 1. The second-order valence-electron chi connectivity index (χ2n) is 3.74. The van der Waals surface area contributed by atoms with Crippen molar-refractivity contribution in [2.45, 2.75) is 33.0 Å². The predicted octanol–water partition coefficient (Wildman–Crippen LogP) is 2.82. The molecule has 0 spiro atoms. The Morgan fingerprint density at radius 2 is 2.00 bits per heavy atom. The Kier molecular flexibility index (Phi) is 5.05. The first-order valence-electron chi connectivity index (χ1n) is 5.38. The number of ether oxygens (including phenoxy) is 1. The first-order chi connectivity index (χ1) is 7.27. The van der Waals surface area contributed by atoms with Gasteiger partial charge in [-0.3, -0.25) is 0 Å². The molecule has 0 N–H and O–H groups in total. The fourth-order valence-electron chi connectivity index (χ4n) is 1.51. The highest BCUT2D eigenvalue weighted by Crippen LogP contribution is 2.12. The van der Waals surface area contributed by atoms with Gasteiger partial charge in [-0.25, -0.2) is 0 Å². The van der Waals surface area contributed by atoms with Crippen molar-refractivity contribution in [3.63, 3.8) is 0 Å². The van der Waals surface area contributed by atoms with Gasteiger partial charge in [0.25, 0.3) is 0 Å². The van der Waals surface area contributed by atoms with Crippen LogP contribution < -0.4 is 0 Å². The Morgan fingerprint density at radius 3 is 2.53 bits per heavy atom. The summed E-state index contributed by atoms with van der Waals surface area (Å²) in [5, 5.41) is 0. The van der Waals surface area contributed by atoms with E-state index in [1.807, 2.05) is 44.2 Å². The van der Waals surface area contributed by atoms with E-state index >= 15 is 0 Å². The summed E-state index contributed by atoms with van der Waals surface area (Å²) < 4.78 is 5.70. The van der Waals surface area contributed by atoms with Gasteiger partial charge in [-0.15, -0.1) is 0 Å². The Labute approximate surface area is 91.3 Å². The van der Waals surface area contributed by atoms with Crippen molar-refractivity contribution in [3.05, 3.63) is 35.9 Å². The van der Waals surface area contributed by atoms with Crippen LogP contribution in [-0.4, -0.2) is 12.4 Å². The summed E-state index contributed by atoms with van der Waals surface area (Å²) in [6.45, 7) is 4.51. The normalized spacial score (nSPS) is 14.5.